The van der Waals surface area contributed by atoms with Gasteiger partial charge in [0.25, 0.3) is 5.91 Å². The lowest BCUT2D eigenvalue weighted by molar-refractivity contribution is -0.145. The first-order chi connectivity index (χ1) is 26.7. The number of halogens is 2. The predicted octanol–water partition coefficient (Wildman–Crippen LogP) is 4.15. The molecule has 1 unspecified atom stereocenters. The molecule has 57 heavy (non-hydrogen) atoms. The van der Waals surface area contributed by atoms with E-state index in [9.17, 15) is 42.3 Å². The summed E-state index contributed by atoms with van der Waals surface area (Å²) in [6.07, 6.45) is -1.34. The Hall–Kier alpha value is -4.47. The second kappa shape index (κ2) is 19.3. The van der Waals surface area contributed by atoms with Crippen molar-refractivity contribution in [2.75, 3.05) is 13.1 Å². The van der Waals surface area contributed by atoms with Crippen molar-refractivity contribution in [2.45, 2.75) is 148 Å². The highest BCUT2D eigenvalue weighted by molar-refractivity contribution is 6.38. The lowest BCUT2D eigenvalue weighted by Gasteiger charge is -2.36. The molecule has 5 amide bonds. The summed E-state index contributed by atoms with van der Waals surface area (Å²) in [6.45, 7) is 11.4. The third kappa shape index (κ3) is 12.5. The summed E-state index contributed by atoms with van der Waals surface area (Å²) < 4.78 is 38.8. The average molecular weight is 804 g/mol. The number of alkyl carbamates (subject to hydrolysis) is 1. The Balaban J connectivity index is 1.53. The lowest BCUT2D eigenvalue weighted by Crippen LogP contribution is -2.59. The number of carbonyl (C=O) groups excluding carboxylic acids is 7. The van der Waals surface area contributed by atoms with E-state index in [1.165, 1.54) is 4.90 Å². The number of benzene rings is 1. The zero-order valence-corrected chi connectivity index (χ0v) is 34.0. The summed E-state index contributed by atoms with van der Waals surface area (Å²) in [5, 5.41) is 10.0. The molecule has 1 aromatic carbocycles. The maximum Gasteiger partial charge on any atom is 0.408 e. The van der Waals surface area contributed by atoms with E-state index in [0.717, 1.165) is 19.3 Å². The largest absolute Gasteiger partial charge is 0.444 e. The summed E-state index contributed by atoms with van der Waals surface area (Å²) in [5.41, 5.74) is -0.986. The third-order valence-electron chi connectivity index (χ3n) is 10.6. The van der Waals surface area contributed by atoms with E-state index in [1.807, 2.05) is 13.8 Å². The van der Waals surface area contributed by atoms with Gasteiger partial charge in [-0.3, -0.25) is 28.8 Å². The highest BCUT2D eigenvalue weighted by Crippen LogP contribution is 2.43. The van der Waals surface area contributed by atoms with Crippen LogP contribution in [-0.2, 0) is 38.2 Å². The van der Waals surface area contributed by atoms with Crippen LogP contribution < -0.4 is 21.3 Å². The molecular formula is C41H59F2N5O9. The van der Waals surface area contributed by atoms with Crippen LogP contribution in [0.25, 0.3) is 0 Å². The van der Waals surface area contributed by atoms with Crippen LogP contribution in [0.5, 0.6) is 0 Å². The van der Waals surface area contributed by atoms with Gasteiger partial charge in [-0.1, -0.05) is 63.4 Å². The minimum Gasteiger partial charge on any atom is -0.444 e. The third-order valence-corrected chi connectivity index (χ3v) is 10.6. The summed E-state index contributed by atoms with van der Waals surface area (Å²) in [6, 6.07) is 3.48. The molecule has 2 aliphatic heterocycles. The normalized spacial score (nSPS) is 22.2. The van der Waals surface area contributed by atoms with Gasteiger partial charge in [-0.15, -0.1) is 0 Å². The zero-order chi connectivity index (χ0) is 42.2. The summed E-state index contributed by atoms with van der Waals surface area (Å²) in [4.78, 5) is 95.7. The van der Waals surface area contributed by atoms with Gasteiger partial charge in [0.1, 0.15) is 23.7 Å². The first kappa shape index (κ1) is 45.2. The van der Waals surface area contributed by atoms with Crippen molar-refractivity contribution in [3.63, 3.8) is 0 Å². The number of likely N-dealkylation sites (tertiary alicyclic amines) is 1. The molecule has 4 rings (SSSR count). The topological polar surface area (TPSA) is 189 Å². The van der Waals surface area contributed by atoms with Gasteiger partial charge in [0.05, 0.1) is 24.3 Å². The van der Waals surface area contributed by atoms with Crippen LogP contribution in [0.15, 0.2) is 30.3 Å². The van der Waals surface area contributed by atoms with Gasteiger partial charge in [0.15, 0.2) is 5.78 Å². The molecule has 0 spiro atoms. The lowest BCUT2D eigenvalue weighted by atomic mass is 9.83. The molecule has 2 heterocycles. The van der Waals surface area contributed by atoms with Gasteiger partial charge >= 0.3 is 6.09 Å². The zero-order valence-electron chi connectivity index (χ0n) is 34.0. The standard InChI is InChI=1S/C41H59F2N5O9/c1-23(2)34(50)31(24-14-10-8-11-15-24)46-30(49)21-44-37(53)35(51)27(18-19-29(42)43)45-36(52)33-26-20-41(6,7)56-28(26)22-48(33)38(54)32(25-16-12-9-13-17-25)47-39(55)57-40(3,4)5/h8,10-11,14-15,23,25-29,31-33H,9,12-13,16-22H2,1-7H3,(H,44,53)(H,45,52)(H,46,49)(H,47,55)/t26-,27?,28-,31-,32-,33-/m0/s1. The molecule has 4 N–H and O–H groups in total. The Morgan fingerprint density at radius 3 is 2.18 bits per heavy atom. The Morgan fingerprint density at radius 2 is 1.58 bits per heavy atom. The number of hydrogen-bond acceptors (Lipinski definition) is 9. The second-order valence-corrected chi connectivity index (χ2v) is 17.3. The van der Waals surface area contributed by atoms with Gasteiger partial charge < -0.3 is 35.6 Å². The number of nitrogens with one attached hydrogen (secondary N) is 4. The number of ether oxygens (including phenoxy) is 2. The number of Topliss-reactive ketones (excluding diaryl/α,β-unsaturated/α-hetero) is 2. The van der Waals surface area contributed by atoms with E-state index in [1.54, 1.807) is 65.0 Å². The number of nitrogens with zero attached hydrogens (tertiary/aromatic N) is 1. The molecule has 3 fully saturated rings. The van der Waals surface area contributed by atoms with E-state index in [2.05, 4.69) is 21.3 Å². The average Bonchev–Trinajstić information content (AvgIpc) is 3.63. The van der Waals surface area contributed by atoms with Crippen LogP contribution in [0.2, 0.25) is 0 Å². The number of fused-ring (bicyclic) bond motifs is 1. The summed E-state index contributed by atoms with van der Waals surface area (Å²) in [5.74, 6) is -6.24. The smallest absolute Gasteiger partial charge is 0.408 e. The van der Waals surface area contributed by atoms with Crippen molar-refractivity contribution < 1.29 is 51.8 Å². The van der Waals surface area contributed by atoms with Crippen LogP contribution in [0, 0.1) is 17.8 Å². The monoisotopic (exact) mass is 803 g/mol. The molecule has 316 valence electrons. The van der Waals surface area contributed by atoms with Crippen molar-refractivity contribution in [3.8, 4) is 0 Å². The molecule has 14 nitrogen and oxygen atoms in total. The van der Waals surface area contributed by atoms with Gasteiger partial charge in [0, 0.05) is 24.8 Å². The van der Waals surface area contributed by atoms with E-state index in [4.69, 9.17) is 9.47 Å². The van der Waals surface area contributed by atoms with Crippen LogP contribution >= 0.6 is 0 Å². The van der Waals surface area contributed by atoms with E-state index in [0.29, 0.717) is 24.8 Å². The Bertz CT molecular complexity index is 1630. The first-order valence-electron chi connectivity index (χ1n) is 19.9. The van der Waals surface area contributed by atoms with Crippen molar-refractivity contribution >= 4 is 41.3 Å². The number of amides is 5. The molecule has 6 atom stereocenters. The van der Waals surface area contributed by atoms with Crippen LogP contribution in [0.4, 0.5) is 13.6 Å². The highest BCUT2D eigenvalue weighted by Gasteiger charge is 2.56. The molecule has 16 heteroatoms. The fraction of sp³-hybridized carbons (Fsp3) is 0.683. The van der Waals surface area contributed by atoms with Gasteiger partial charge in [-0.05, 0) is 71.8 Å². The van der Waals surface area contributed by atoms with Crippen molar-refractivity contribution in [1.82, 2.24) is 26.2 Å². The van der Waals surface area contributed by atoms with E-state index >= 15 is 0 Å². The van der Waals surface area contributed by atoms with Crippen LogP contribution in [0.3, 0.4) is 0 Å². The maximum atomic E-state index is 14.5. The van der Waals surface area contributed by atoms with Crippen molar-refractivity contribution in [2.24, 2.45) is 17.8 Å². The predicted molar refractivity (Wildman–Crippen MR) is 205 cm³/mol. The summed E-state index contributed by atoms with van der Waals surface area (Å²) >= 11 is 0. The first-order valence-corrected chi connectivity index (χ1v) is 19.9. The van der Waals surface area contributed by atoms with Crippen molar-refractivity contribution in [3.05, 3.63) is 35.9 Å². The Labute approximate surface area is 333 Å². The molecule has 3 aliphatic rings. The van der Waals surface area contributed by atoms with E-state index < -0.39 is 115 Å². The van der Waals surface area contributed by atoms with E-state index in [-0.39, 0.29) is 18.2 Å². The number of ketones is 2. The number of rotatable bonds is 16. The van der Waals surface area contributed by atoms with Gasteiger partial charge in [-0.25, -0.2) is 13.6 Å². The number of alkyl halides is 2. The van der Waals surface area contributed by atoms with Crippen LogP contribution in [-0.4, -0.2) is 101 Å². The molecule has 0 radical (unpaired) electrons. The summed E-state index contributed by atoms with van der Waals surface area (Å²) in [7, 11) is 0. The van der Waals surface area contributed by atoms with Crippen molar-refractivity contribution in [1.29, 1.82) is 0 Å². The molecule has 1 aromatic rings. The molecule has 1 saturated carbocycles. The molecule has 2 saturated heterocycles. The minimum absolute atomic E-state index is 0.00122. The number of hydrogen-bond donors (Lipinski definition) is 4. The van der Waals surface area contributed by atoms with Gasteiger partial charge in [-0.2, -0.15) is 0 Å². The maximum absolute atomic E-state index is 14.5. The Kier molecular flexibility index (Phi) is 15.3. The fourth-order valence-electron chi connectivity index (χ4n) is 8.03. The molecule has 0 aromatic heterocycles. The molecule has 0 bridgehead atoms. The fourth-order valence-corrected chi connectivity index (χ4v) is 8.03. The molecule has 1 aliphatic carbocycles. The quantitative estimate of drug-likeness (QED) is 0.178. The SMILES string of the molecule is CC(C)C(=O)[C@@H](NC(=O)CNC(=O)C(=O)C(CCC(F)F)NC(=O)[C@@H]1[C@H]2CC(C)(C)O[C@H]2CN1C(=O)[C@@H](NC(=O)OC(C)(C)C)C1CCCCC1)c1ccccc1. The minimum atomic E-state index is -2.87. The number of carbonyl (C=O) groups is 7. The van der Waals surface area contributed by atoms with Crippen LogP contribution in [0.1, 0.15) is 111 Å². The van der Waals surface area contributed by atoms with Gasteiger partial charge in [0.2, 0.25) is 29.9 Å². The molecular weight excluding hydrogens is 744 g/mol. The Morgan fingerprint density at radius 1 is 0.930 bits per heavy atom. The highest BCUT2D eigenvalue weighted by atomic mass is 19.3. The second-order valence-electron chi connectivity index (χ2n) is 17.3.